The Morgan fingerprint density at radius 3 is 2.76 bits per heavy atom. The Morgan fingerprint density at radius 2 is 2.12 bits per heavy atom. The van der Waals surface area contributed by atoms with Gasteiger partial charge in [-0.3, -0.25) is 0 Å². The van der Waals surface area contributed by atoms with E-state index in [0.717, 1.165) is 19.3 Å². The van der Waals surface area contributed by atoms with Crippen LogP contribution in [0.5, 0.6) is 0 Å². The molecule has 1 aliphatic rings. The Hall–Kier alpha value is -1.58. The van der Waals surface area contributed by atoms with Crippen molar-refractivity contribution in [3.8, 4) is 0 Å². The lowest BCUT2D eigenvalue weighted by Crippen LogP contribution is -2.21. The smallest absolute Gasteiger partial charge is 0.265 e. The fourth-order valence-corrected chi connectivity index (χ4v) is 2.04. The third-order valence-corrected chi connectivity index (χ3v) is 2.94. The molecular weight excluding hydrogens is 222 g/mol. The van der Waals surface area contributed by atoms with Gasteiger partial charge in [-0.1, -0.05) is 12.2 Å². The number of hydrogen-bond donors (Lipinski definition) is 2. The predicted octanol–water partition coefficient (Wildman–Crippen LogP) is 3.73. The second-order valence-electron chi connectivity index (χ2n) is 4.27. The molecule has 0 saturated carbocycles. The zero-order valence-electron chi connectivity index (χ0n) is 9.50. The molecule has 2 nitrogen and oxygen atoms in total. The summed E-state index contributed by atoms with van der Waals surface area (Å²) in [5.74, 6) is 0. The van der Waals surface area contributed by atoms with Crippen molar-refractivity contribution in [2.45, 2.75) is 31.7 Å². The largest absolute Gasteiger partial charge is 0.399 e. The molecule has 0 amide bonds. The number of nitrogen functional groups attached to an aromatic ring is 1. The van der Waals surface area contributed by atoms with E-state index in [1.165, 1.54) is 6.07 Å². The molecule has 1 aromatic rings. The van der Waals surface area contributed by atoms with Crippen LogP contribution in [0.3, 0.4) is 0 Å². The second-order valence-corrected chi connectivity index (χ2v) is 4.27. The average Bonchev–Trinajstić information content (AvgIpc) is 2.32. The molecule has 3 N–H and O–H groups in total. The fraction of sp³-hybridized carbons (Fsp3) is 0.385. The molecule has 0 saturated heterocycles. The van der Waals surface area contributed by atoms with E-state index >= 15 is 0 Å². The van der Waals surface area contributed by atoms with Gasteiger partial charge in [0.1, 0.15) is 0 Å². The number of nitrogens with one attached hydrogen (secondary N) is 1. The van der Waals surface area contributed by atoms with Gasteiger partial charge in [0.15, 0.2) is 0 Å². The van der Waals surface area contributed by atoms with Gasteiger partial charge in [0.2, 0.25) is 0 Å². The molecule has 1 atom stereocenters. The van der Waals surface area contributed by atoms with Crippen molar-refractivity contribution in [2.75, 3.05) is 11.1 Å². The highest BCUT2D eigenvalue weighted by atomic mass is 19.3. The first kappa shape index (κ1) is 11.9. The van der Waals surface area contributed by atoms with Gasteiger partial charge in [-0.2, -0.15) is 0 Å². The first-order chi connectivity index (χ1) is 8.16. The minimum Gasteiger partial charge on any atom is -0.399 e. The van der Waals surface area contributed by atoms with Crippen molar-refractivity contribution < 1.29 is 8.78 Å². The van der Waals surface area contributed by atoms with Crippen molar-refractivity contribution >= 4 is 11.4 Å². The number of allylic oxidation sites excluding steroid dienone is 1. The van der Waals surface area contributed by atoms with Crippen molar-refractivity contribution in [1.82, 2.24) is 0 Å². The quantitative estimate of drug-likeness (QED) is 0.622. The number of alkyl halides is 2. The summed E-state index contributed by atoms with van der Waals surface area (Å²) in [4.78, 5) is 0. The van der Waals surface area contributed by atoms with Crippen LogP contribution in [0.1, 0.15) is 31.3 Å². The molecule has 17 heavy (non-hydrogen) atoms. The van der Waals surface area contributed by atoms with Gasteiger partial charge in [0, 0.05) is 23.0 Å². The predicted molar refractivity (Wildman–Crippen MR) is 66.2 cm³/mol. The molecule has 1 aromatic carbocycles. The van der Waals surface area contributed by atoms with Gasteiger partial charge in [0.25, 0.3) is 6.43 Å². The van der Waals surface area contributed by atoms with E-state index in [-0.39, 0.29) is 11.6 Å². The van der Waals surface area contributed by atoms with Gasteiger partial charge in [-0.15, -0.1) is 0 Å². The molecule has 0 fully saturated rings. The third-order valence-electron chi connectivity index (χ3n) is 2.94. The Labute approximate surface area is 99.5 Å². The van der Waals surface area contributed by atoms with E-state index in [1.807, 2.05) is 0 Å². The van der Waals surface area contributed by atoms with Crippen LogP contribution in [0.15, 0.2) is 30.4 Å². The molecule has 0 spiro atoms. The molecular formula is C13H16F2N2. The average molecular weight is 238 g/mol. The number of halogens is 2. The van der Waals surface area contributed by atoms with Crippen LogP contribution in [-0.2, 0) is 0 Å². The van der Waals surface area contributed by atoms with Crippen LogP contribution < -0.4 is 11.1 Å². The molecule has 4 heteroatoms. The maximum atomic E-state index is 12.9. The number of nitrogens with two attached hydrogens (primary N) is 1. The van der Waals surface area contributed by atoms with Gasteiger partial charge in [-0.05, 0) is 37.5 Å². The zero-order valence-corrected chi connectivity index (χ0v) is 9.50. The lowest BCUT2D eigenvalue weighted by molar-refractivity contribution is 0.152. The van der Waals surface area contributed by atoms with Crippen LogP contribution in [0, 0.1) is 0 Å². The Kier molecular flexibility index (Phi) is 3.61. The van der Waals surface area contributed by atoms with E-state index in [2.05, 4.69) is 17.5 Å². The topological polar surface area (TPSA) is 38.0 Å². The SMILES string of the molecule is Nc1ccc(NC2CC=CCC2)c(C(F)F)c1. The molecule has 0 radical (unpaired) electrons. The van der Waals surface area contributed by atoms with E-state index < -0.39 is 6.43 Å². The summed E-state index contributed by atoms with van der Waals surface area (Å²) in [7, 11) is 0. The number of rotatable bonds is 3. The minimum atomic E-state index is -2.50. The van der Waals surface area contributed by atoms with Crippen molar-refractivity contribution in [1.29, 1.82) is 0 Å². The molecule has 1 aliphatic carbocycles. The fourth-order valence-electron chi connectivity index (χ4n) is 2.04. The standard InChI is InChI=1S/C13H16F2N2/c14-13(15)11-8-9(16)6-7-12(11)17-10-4-2-1-3-5-10/h1-2,6-8,10,13,17H,3-5,16H2. The third kappa shape index (κ3) is 2.96. The van der Waals surface area contributed by atoms with Gasteiger partial charge in [0.05, 0.1) is 0 Å². The summed E-state index contributed by atoms with van der Waals surface area (Å²) < 4.78 is 25.7. The molecule has 1 unspecified atom stereocenters. The molecule has 0 bridgehead atoms. The van der Waals surface area contributed by atoms with E-state index in [1.54, 1.807) is 12.1 Å². The van der Waals surface area contributed by atoms with Crippen molar-refractivity contribution in [3.05, 3.63) is 35.9 Å². The molecule has 2 rings (SSSR count). The first-order valence-corrected chi connectivity index (χ1v) is 5.76. The summed E-state index contributed by atoms with van der Waals surface area (Å²) in [6, 6.07) is 4.86. The Morgan fingerprint density at radius 1 is 1.29 bits per heavy atom. The Bertz CT molecular complexity index is 416. The molecule has 0 aliphatic heterocycles. The normalized spacial score (nSPS) is 19.6. The van der Waals surface area contributed by atoms with Crippen LogP contribution >= 0.6 is 0 Å². The highest BCUT2D eigenvalue weighted by Crippen LogP contribution is 2.30. The van der Waals surface area contributed by atoms with Crippen LogP contribution in [0.4, 0.5) is 20.2 Å². The van der Waals surface area contributed by atoms with Crippen LogP contribution in [-0.4, -0.2) is 6.04 Å². The van der Waals surface area contributed by atoms with E-state index in [0.29, 0.717) is 11.4 Å². The summed E-state index contributed by atoms with van der Waals surface area (Å²) in [5.41, 5.74) is 6.38. The monoisotopic (exact) mass is 238 g/mol. The van der Waals surface area contributed by atoms with Gasteiger partial charge in [-0.25, -0.2) is 8.78 Å². The van der Waals surface area contributed by atoms with E-state index in [4.69, 9.17) is 5.73 Å². The minimum absolute atomic E-state index is 0.0143. The van der Waals surface area contributed by atoms with Crippen molar-refractivity contribution in [3.63, 3.8) is 0 Å². The lowest BCUT2D eigenvalue weighted by Gasteiger charge is -2.22. The number of hydrogen-bond acceptors (Lipinski definition) is 2. The summed E-state index contributed by atoms with van der Waals surface area (Å²) >= 11 is 0. The van der Waals surface area contributed by atoms with Gasteiger partial charge >= 0.3 is 0 Å². The lowest BCUT2D eigenvalue weighted by atomic mass is 10.0. The number of anilines is 2. The van der Waals surface area contributed by atoms with Gasteiger partial charge < -0.3 is 11.1 Å². The number of benzene rings is 1. The van der Waals surface area contributed by atoms with Crippen LogP contribution in [0.25, 0.3) is 0 Å². The maximum Gasteiger partial charge on any atom is 0.265 e. The summed E-state index contributed by atoms with van der Waals surface area (Å²) in [6.07, 6.45) is 4.56. The first-order valence-electron chi connectivity index (χ1n) is 5.76. The highest BCUT2D eigenvalue weighted by molar-refractivity contribution is 5.59. The zero-order chi connectivity index (χ0) is 12.3. The van der Waals surface area contributed by atoms with Crippen molar-refractivity contribution in [2.24, 2.45) is 0 Å². The highest BCUT2D eigenvalue weighted by Gasteiger charge is 2.16. The molecule has 0 aromatic heterocycles. The molecule has 92 valence electrons. The second kappa shape index (κ2) is 5.17. The van der Waals surface area contributed by atoms with Crippen LogP contribution in [0.2, 0.25) is 0 Å². The Balaban J connectivity index is 2.16. The maximum absolute atomic E-state index is 12.9. The van der Waals surface area contributed by atoms with E-state index in [9.17, 15) is 8.78 Å². The summed E-state index contributed by atoms with van der Waals surface area (Å²) in [6.45, 7) is 0. The molecule has 0 heterocycles. The summed E-state index contributed by atoms with van der Waals surface area (Å²) in [5, 5.41) is 3.17.